The van der Waals surface area contributed by atoms with Crippen LogP contribution in [0.3, 0.4) is 0 Å². The van der Waals surface area contributed by atoms with Crippen molar-refractivity contribution in [1.82, 2.24) is 9.97 Å². The molecular formula is C13H15N3. The molecule has 0 saturated carbocycles. The molecule has 16 heavy (non-hydrogen) atoms. The van der Waals surface area contributed by atoms with Gasteiger partial charge in [-0.25, -0.2) is 9.97 Å². The lowest BCUT2D eigenvalue weighted by Crippen LogP contribution is -1.97. The summed E-state index contributed by atoms with van der Waals surface area (Å²) < 4.78 is 0. The predicted octanol–water partition coefficient (Wildman–Crippen LogP) is 3.09. The molecule has 3 heteroatoms. The number of nitrogens with one attached hydrogen (secondary N) is 1. The molecule has 0 fully saturated rings. The third kappa shape index (κ3) is 2.57. The summed E-state index contributed by atoms with van der Waals surface area (Å²) in [7, 11) is 0. The normalized spacial score (nSPS) is 10.1. The van der Waals surface area contributed by atoms with Crippen LogP contribution < -0.4 is 5.32 Å². The molecule has 3 nitrogen and oxygen atoms in total. The van der Waals surface area contributed by atoms with Gasteiger partial charge in [-0.1, -0.05) is 19.1 Å². The second kappa shape index (κ2) is 4.75. The highest BCUT2D eigenvalue weighted by Crippen LogP contribution is 2.13. The van der Waals surface area contributed by atoms with E-state index in [4.69, 9.17) is 0 Å². The molecule has 0 atom stereocenters. The standard InChI is InChI=1S/C13H15N3/c1-3-11-4-6-12(7-5-11)16-13-14-9-8-10(2)15-13/h4-9H,3H2,1-2H3,(H,14,15,16). The first-order valence-electron chi connectivity index (χ1n) is 5.43. The molecule has 0 saturated heterocycles. The van der Waals surface area contributed by atoms with Crippen LogP contribution in [0.5, 0.6) is 0 Å². The molecule has 0 radical (unpaired) electrons. The van der Waals surface area contributed by atoms with Crippen LogP contribution in [0.1, 0.15) is 18.2 Å². The van der Waals surface area contributed by atoms with Crippen molar-refractivity contribution >= 4 is 11.6 Å². The van der Waals surface area contributed by atoms with Crippen molar-refractivity contribution in [3.8, 4) is 0 Å². The summed E-state index contributed by atoms with van der Waals surface area (Å²) in [6.07, 6.45) is 2.81. The number of hydrogen-bond acceptors (Lipinski definition) is 3. The van der Waals surface area contributed by atoms with Crippen LogP contribution >= 0.6 is 0 Å². The number of anilines is 2. The highest BCUT2D eigenvalue weighted by Gasteiger charge is 1.97. The summed E-state index contributed by atoms with van der Waals surface area (Å²) >= 11 is 0. The first-order chi connectivity index (χ1) is 7.78. The number of benzene rings is 1. The minimum atomic E-state index is 0.643. The van der Waals surface area contributed by atoms with Crippen LogP contribution in [0, 0.1) is 6.92 Å². The average molecular weight is 213 g/mol. The molecule has 0 amide bonds. The monoisotopic (exact) mass is 213 g/mol. The Morgan fingerprint density at radius 2 is 1.88 bits per heavy atom. The molecule has 0 spiro atoms. The van der Waals surface area contributed by atoms with Gasteiger partial charge in [0.1, 0.15) is 0 Å². The fourth-order valence-corrected chi connectivity index (χ4v) is 1.46. The van der Waals surface area contributed by atoms with Crippen molar-refractivity contribution in [3.05, 3.63) is 47.8 Å². The van der Waals surface area contributed by atoms with Crippen molar-refractivity contribution < 1.29 is 0 Å². The van der Waals surface area contributed by atoms with Gasteiger partial charge >= 0.3 is 0 Å². The molecule has 2 rings (SSSR count). The predicted molar refractivity (Wildman–Crippen MR) is 65.9 cm³/mol. The second-order valence-electron chi connectivity index (χ2n) is 3.70. The summed E-state index contributed by atoms with van der Waals surface area (Å²) in [4.78, 5) is 8.44. The summed E-state index contributed by atoms with van der Waals surface area (Å²) in [5.74, 6) is 0.643. The van der Waals surface area contributed by atoms with E-state index in [1.165, 1.54) is 5.56 Å². The molecule has 0 aliphatic rings. The summed E-state index contributed by atoms with van der Waals surface area (Å²) in [6.45, 7) is 4.10. The van der Waals surface area contributed by atoms with Gasteiger partial charge in [0.15, 0.2) is 0 Å². The van der Waals surface area contributed by atoms with E-state index < -0.39 is 0 Å². The molecule has 0 bridgehead atoms. The molecule has 0 aliphatic carbocycles. The van der Waals surface area contributed by atoms with Crippen LogP contribution in [-0.4, -0.2) is 9.97 Å². The maximum absolute atomic E-state index is 4.29. The lowest BCUT2D eigenvalue weighted by molar-refractivity contribution is 1.10. The lowest BCUT2D eigenvalue weighted by atomic mass is 10.1. The van der Waals surface area contributed by atoms with Crippen molar-refractivity contribution in [2.75, 3.05) is 5.32 Å². The van der Waals surface area contributed by atoms with E-state index in [1.54, 1.807) is 6.20 Å². The Labute approximate surface area is 95.6 Å². The van der Waals surface area contributed by atoms with E-state index in [-0.39, 0.29) is 0 Å². The van der Waals surface area contributed by atoms with E-state index in [0.717, 1.165) is 17.8 Å². The van der Waals surface area contributed by atoms with Gasteiger partial charge in [-0.05, 0) is 37.1 Å². The number of aryl methyl sites for hydroxylation is 2. The Morgan fingerprint density at radius 3 is 2.50 bits per heavy atom. The van der Waals surface area contributed by atoms with E-state index in [2.05, 4.69) is 34.3 Å². The number of rotatable bonds is 3. The minimum absolute atomic E-state index is 0.643. The summed E-state index contributed by atoms with van der Waals surface area (Å²) in [5.41, 5.74) is 3.31. The average Bonchev–Trinajstić information content (AvgIpc) is 2.30. The Balaban J connectivity index is 2.14. The molecule has 0 aliphatic heterocycles. The van der Waals surface area contributed by atoms with Gasteiger partial charge in [-0.2, -0.15) is 0 Å². The second-order valence-corrected chi connectivity index (χ2v) is 3.70. The number of hydrogen-bond donors (Lipinski definition) is 1. The zero-order chi connectivity index (χ0) is 11.4. The Kier molecular flexibility index (Phi) is 3.15. The highest BCUT2D eigenvalue weighted by atomic mass is 15.1. The molecular weight excluding hydrogens is 198 g/mol. The molecule has 82 valence electrons. The van der Waals surface area contributed by atoms with Crippen LogP contribution in [-0.2, 0) is 6.42 Å². The van der Waals surface area contributed by atoms with Crippen LogP contribution in [0.4, 0.5) is 11.6 Å². The zero-order valence-corrected chi connectivity index (χ0v) is 9.57. The largest absolute Gasteiger partial charge is 0.324 e. The fourth-order valence-electron chi connectivity index (χ4n) is 1.46. The van der Waals surface area contributed by atoms with Crippen LogP contribution in [0.2, 0.25) is 0 Å². The maximum atomic E-state index is 4.29. The molecule has 1 N–H and O–H groups in total. The van der Waals surface area contributed by atoms with Crippen molar-refractivity contribution in [2.24, 2.45) is 0 Å². The van der Waals surface area contributed by atoms with Gasteiger partial charge in [0.25, 0.3) is 0 Å². The van der Waals surface area contributed by atoms with Crippen LogP contribution in [0.25, 0.3) is 0 Å². The van der Waals surface area contributed by atoms with Gasteiger partial charge in [0.05, 0.1) is 0 Å². The highest BCUT2D eigenvalue weighted by molar-refractivity contribution is 5.53. The smallest absolute Gasteiger partial charge is 0.227 e. The van der Waals surface area contributed by atoms with E-state index >= 15 is 0 Å². The number of nitrogens with zero attached hydrogens (tertiary/aromatic N) is 2. The topological polar surface area (TPSA) is 37.8 Å². The van der Waals surface area contributed by atoms with Gasteiger partial charge in [0.2, 0.25) is 5.95 Å². The third-order valence-corrected chi connectivity index (χ3v) is 2.41. The fraction of sp³-hybridized carbons (Fsp3) is 0.231. The Bertz CT molecular complexity index is 463. The first kappa shape index (κ1) is 10.6. The molecule has 1 aromatic heterocycles. The summed E-state index contributed by atoms with van der Waals surface area (Å²) in [6, 6.07) is 10.2. The van der Waals surface area contributed by atoms with E-state index in [9.17, 15) is 0 Å². The van der Waals surface area contributed by atoms with Gasteiger partial charge in [0, 0.05) is 17.6 Å². The van der Waals surface area contributed by atoms with Gasteiger partial charge in [-0.3, -0.25) is 0 Å². The molecule has 0 unspecified atom stereocenters. The minimum Gasteiger partial charge on any atom is -0.324 e. The van der Waals surface area contributed by atoms with Gasteiger partial charge in [-0.15, -0.1) is 0 Å². The molecule has 2 aromatic rings. The van der Waals surface area contributed by atoms with E-state index in [1.807, 2.05) is 25.1 Å². The van der Waals surface area contributed by atoms with Crippen molar-refractivity contribution in [2.45, 2.75) is 20.3 Å². The lowest BCUT2D eigenvalue weighted by Gasteiger charge is -2.05. The maximum Gasteiger partial charge on any atom is 0.227 e. The summed E-state index contributed by atoms with van der Waals surface area (Å²) in [5, 5.41) is 3.17. The first-order valence-corrected chi connectivity index (χ1v) is 5.43. The van der Waals surface area contributed by atoms with Crippen LogP contribution in [0.15, 0.2) is 36.5 Å². The third-order valence-electron chi connectivity index (χ3n) is 2.41. The van der Waals surface area contributed by atoms with Crippen molar-refractivity contribution in [3.63, 3.8) is 0 Å². The molecule has 1 aromatic carbocycles. The zero-order valence-electron chi connectivity index (χ0n) is 9.57. The van der Waals surface area contributed by atoms with E-state index in [0.29, 0.717) is 5.95 Å². The number of aromatic nitrogens is 2. The quantitative estimate of drug-likeness (QED) is 0.851. The van der Waals surface area contributed by atoms with Crippen molar-refractivity contribution in [1.29, 1.82) is 0 Å². The SMILES string of the molecule is CCc1ccc(Nc2nccc(C)n2)cc1. The molecule has 1 heterocycles. The Hall–Kier alpha value is -1.90. The van der Waals surface area contributed by atoms with Gasteiger partial charge < -0.3 is 5.32 Å². The Morgan fingerprint density at radius 1 is 1.12 bits per heavy atom.